The lowest BCUT2D eigenvalue weighted by Crippen LogP contribution is -1.96. The Kier molecular flexibility index (Phi) is 3.79. The largest absolute Gasteiger partial charge is 0.508 e. The molecule has 0 aliphatic carbocycles. The summed E-state index contributed by atoms with van der Waals surface area (Å²) >= 11 is 2.13. The number of hydrogen-bond acceptors (Lipinski definition) is 2. The summed E-state index contributed by atoms with van der Waals surface area (Å²) in [6.07, 6.45) is 0. The number of benzene rings is 2. The molecule has 0 radical (unpaired) electrons. The highest BCUT2D eigenvalue weighted by Crippen LogP contribution is 2.23. The predicted octanol–water partition coefficient (Wildman–Crippen LogP) is 3.50. The first-order valence-corrected chi connectivity index (χ1v) is 6.09. The highest BCUT2D eigenvalue weighted by Gasteiger charge is 1.98. The van der Waals surface area contributed by atoms with Gasteiger partial charge in [-0.2, -0.15) is 0 Å². The molecule has 2 aromatic carbocycles. The van der Waals surface area contributed by atoms with Gasteiger partial charge in [0.15, 0.2) is 0 Å². The first-order valence-electron chi connectivity index (χ1n) is 5.01. The maximum atomic E-state index is 9.40. The van der Waals surface area contributed by atoms with E-state index in [2.05, 4.69) is 50.7 Å². The van der Waals surface area contributed by atoms with E-state index in [1.165, 1.54) is 5.56 Å². The van der Waals surface area contributed by atoms with Crippen LogP contribution in [0, 0.1) is 0 Å². The van der Waals surface area contributed by atoms with E-state index in [0.29, 0.717) is 5.75 Å². The second-order valence-corrected chi connectivity index (χ2v) is 4.32. The van der Waals surface area contributed by atoms with E-state index in [9.17, 15) is 5.11 Å². The van der Waals surface area contributed by atoms with Gasteiger partial charge < -0.3 is 5.11 Å². The van der Waals surface area contributed by atoms with Crippen molar-refractivity contribution >= 4 is 22.9 Å². The second-order valence-electron chi connectivity index (χ2n) is 3.56. The summed E-state index contributed by atoms with van der Waals surface area (Å²) in [6, 6.07) is 15.6. The van der Waals surface area contributed by atoms with Gasteiger partial charge in [-0.15, -0.1) is 0 Å². The Balaban J connectivity index is 2.27. The third-order valence-electron chi connectivity index (χ3n) is 2.40. The standard InChI is InChI=1S/C13H12INO/c14-15-9-10-4-6-11(7-5-10)12-2-1-3-13(16)8-12/h1-8,15-16H,9H2. The number of halogens is 1. The molecule has 2 nitrogen and oxygen atoms in total. The van der Waals surface area contributed by atoms with Gasteiger partial charge in [0, 0.05) is 29.4 Å². The zero-order valence-corrected chi connectivity index (χ0v) is 10.8. The molecule has 0 heterocycles. The van der Waals surface area contributed by atoms with E-state index in [1.54, 1.807) is 12.1 Å². The van der Waals surface area contributed by atoms with Gasteiger partial charge >= 0.3 is 0 Å². The second kappa shape index (κ2) is 5.32. The van der Waals surface area contributed by atoms with E-state index in [4.69, 9.17) is 0 Å². The molecule has 3 heteroatoms. The summed E-state index contributed by atoms with van der Waals surface area (Å²) in [5.74, 6) is 0.301. The maximum absolute atomic E-state index is 9.40. The summed E-state index contributed by atoms with van der Waals surface area (Å²) in [4.78, 5) is 0. The van der Waals surface area contributed by atoms with Crippen LogP contribution in [0.15, 0.2) is 48.5 Å². The molecule has 0 spiro atoms. The lowest BCUT2D eigenvalue weighted by Gasteiger charge is -2.04. The van der Waals surface area contributed by atoms with Gasteiger partial charge in [-0.3, -0.25) is 3.53 Å². The Morgan fingerprint density at radius 2 is 1.75 bits per heavy atom. The number of nitrogens with one attached hydrogen (secondary N) is 1. The van der Waals surface area contributed by atoms with Gasteiger partial charge in [-0.1, -0.05) is 36.4 Å². The van der Waals surface area contributed by atoms with Crippen LogP contribution in [0.5, 0.6) is 5.75 Å². The molecular weight excluding hydrogens is 313 g/mol. The quantitative estimate of drug-likeness (QED) is 0.669. The minimum atomic E-state index is 0.301. The van der Waals surface area contributed by atoms with Crippen molar-refractivity contribution in [3.05, 3.63) is 54.1 Å². The van der Waals surface area contributed by atoms with E-state index in [1.807, 2.05) is 12.1 Å². The molecule has 0 saturated carbocycles. The van der Waals surface area contributed by atoms with Crippen molar-refractivity contribution in [3.63, 3.8) is 0 Å². The van der Waals surface area contributed by atoms with Gasteiger partial charge in [0.1, 0.15) is 5.75 Å². The number of aromatic hydroxyl groups is 1. The zero-order valence-electron chi connectivity index (χ0n) is 8.65. The molecule has 2 rings (SSSR count). The highest BCUT2D eigenvalue weighted by atomic mass is 127. The molecule has 0 bridgehead atoms. The Labute approximate surface area is 109 Å². The Morgan fingerprint density at radius 3 is 2.38 bits per heavy atom. The third-order valence-corrected chi connectivity index (χ3v) is 2.79. The van der Waals surface area contributed by atoms with Gasteiger partial charge in [-0.05, 0) is 28.8 Å². The third kappa shape index (κ3) is 2.74. The van der Waals surface area contributed by atoms with Gasteiger partial charge in [-0.25, -0.2) is 0 Å². The number of rotatable bonds is 3. The normalized spacial score (nSPS) is 10.3. The summed E-state index contributed by atoms with van der Waals surface area (Å²) in [5.41, 5.74) is 3.40. The Bertz CT molecular complexity index is 468. The minimum Gasteiger partial charge on any atom is -0.508 e. The molecule has 0 fully saturated rings. The molecule has 2 aromatic rings. The molecule has 0 amide bonds. The molecule has 0 saturated heterocycles. The molecule has 16 heavy (non-hydrogen) atoms. The lowest BCUT2D eigenvalue weighted by molar-refractivity contribution is 0.475. The van der Waals surface area contributed by atoms with Gasteiger partial charge in [0.2, 0.25) is 0 Å². The molecular formula is C13H12INO. The fourth-order valence-corrected chi connectivity index (χ4v) is 2.02. The van der Waals surface area contributed by atoms with Crippen molar-refractivity contribution in [2.45, 2.75) is 6.54 Å². The van der Waals surface area contributed by atoms with Crippen LogP contribution in [-0.2, 0) is 6.54 Å². The van der Waals surface area contributed by atoms with Crippen LogP contribution < -0.4 is 3.53 Å². The molecule has 0 unspecified atom stereocenters. The van der Waals surface area contributed by atoms with Crippen molar-refractivity contribution in [1.82, 2.24) is 3.53 Å². The van der Waals surface area contributed by atoms with Crippen LogP contribution in [0.4, 0.5) is 0 Å². The van der Waals surface area contributed by atoms with E-state index in [-0.39, 0.29) is 0 Å². The summed E-state index contributed by atoms with van der Waals surface area (Å²) in [6.45, 7) is 0.862. The molecule has 82 valence electrons. The average Bonchev–Trinajstić information content (AvgIpc) is 2.30. The number of phenols is 1. The van der Waals surface area contributed by atoms with E-state index in [0.717, 1.165) is 17.7 Å². The molecule has 0 aliphatic heterocycles. The number of phenolic OH excluding ortho intramolecular Hbond substituents is 1. The first-order chi connectivity index (χ1) is 7.79. The van der Waals surface area contributed by atoms with Crippen molar-refractivity contribution < 1.29 is 5.11 Å². The van der Waals surface area contributed by atoms with Crippen molar-refractivity contribution in [2.24, 2.45) is 0 Å². The van der Waals surface area contributed by atoms with Crippen LogP contribution >= 0.6 is 22.9 Å². The van der Waals surface area contributed by atoms with Crippen molar-refractivity contribution in [2.75, 3.05) is 0 Å². The smallest absolute Gasteiger partial charge is 0.116 e. The Morgan fingerprint density at radius 1 is 1.00 bits per heavy atom. The van der Waals surface area contributed by atoms with Crippen LogP contribution in [0.25, 0.3) is 11.1 Å². The summed E-state index contributed by atoms with van der Waals surface area (Å²) in [5, 5.41) is 9.40. The van der Waals surface area contributed by atoms with Crippen molar-refractivity contribution in [3.8, 4) is 16.9 Å². The molecule has 2 N–H and O–H groups in total. The fraction of sp³-hybridized carbons (Fsp3) is 0.0769. The molecule has 0 aromatic heterocycles. The van der Waals surface area contributed by atoms with Crippen LogP contribution in [0.1, 0.15) is 5.56 Å². The SMILES string of the molecule is Oc1cccc(-c2ccc(CNI)cc2)c1. The average molecular weight is 325 g/mol. The molecule has 0 atom stereocenters. The van der Waals surface area contributed by atoms with Crippen LogP contribution in [0.2, 0.25) is 0 Å². The van der Waals surface area contributed by atoms with Gasteiger partial charge in [0.05, 0.1) is 0 Å². The van der Waals surface area contributed by atoms with Crippen LogP contribution in [-0.4, -0.2) is 5.11 Å². The van der Waals surface area contributed by atoms with E-state index < -0.39 is 0 Å². The maximum Gasteiger partial charge on any atom is 0.116 e. The highest BCUT2D eigenvalue weighted by molar-refractivity contribution is 14.1. The first kappa shape index (κ1) is 11.4. The fourth-order valence-electron chi connectivity index (χ4n) is 1.58. The summed E-state index contributed by atoms with van der Waals surface area (Å²) < 4.78 is 3.08. The predicted molar refractivity (Wildman–Crippen MR) is 74.4 cm³/mol. The van der Waals surface area contributed by atoms with Gasteiger partial charge in [0.25, 0.3) is 0 Å². The monoisotopic (exact) mass is 325 g/mol. The number of hydrogen-bond donors (Lipinski definition) is 2. The van der Waals surface area contributed by atoms with E-state index >= 15 is 0 Å². The topological polar surface area (TPSA) is 32.3 Å². The molecule has 0 aliphatic rings. The Hall–Kier alpha value is -1.07. The summed E-state index contributed by atoms with van der Waals surface area (Å²) in [7, 11) is 0. The lowest BCUT2D eigenvalue weighted by atomic mass is 10.0. The van der Waals surface area contributed by atoms with Crippen LogP contribution in [0.3, 0.4) is 0 Å². The van der Waals surface area contributed by atoms with Crippen molar-refractivity contribution in [1.29, 1.82) is 0 Å². The zero-order chi connectivity index (χ0) is 11.4. The minimum absolute atomic E-state index is 0.301.